The zero-order valence-corrected chi connectivity index (χ0v) is 13.9. The lowest BCUT2D eigenvalue weighted by atomic mass is 10.0. The molecule has 2 aliphatic heterocycles. The molecule has 1 unspecified atom stereocenters. The number of hydrogen-bond acceptors (Lipinski definition) is 6. The van der Waals surface area contributed by atoms with Crippen molar-refractivity contribution in [3.63, 3.8) is 0 Å². The summed E-state index contributed by atoms with van der Waals surface area (Å²) in [7, 11) is 0. The molecule has 1 atom stereocenters. The van der Waals surface area contributed by atoms with Crippen molar-refractivity contribution in [2.45, 2.75) is 19.4 Å². The Labute approximate surface area is 138 Å². The van der Waals surface area contributed by atoms with Gasteiger partial charge in [-0.05, 0) is 35.5 Å². The number of nitrogens with zero attached hydrogens (tertiary/aromatic N) is 3. The van der Waals surface area contributed by atoms with Crippen LogP contribution in [0.25, 0.3) is 0 Å². The molecule has 2 aromatic rings. The van der Waals surface area contributed by atoms with Gasteiger partial charge in [-0.15, -0.1) is 5.10 Å². The van der Waals surface area contributed by atoms with Gasteiger partial charge in [-0.3, -0.25) is 9.69 Å². The molecule has 0 saturated carbocycles. The van der Waals surface area contributed by atoms with Gasteiger partial charge in [0.1, 0.15) is 5.75 Å². The SMILES string of the molecule is CC(c1ccc2c(c1)OCC2)N1CCN(c2n[nH]c(=O)s2)CC1. The number of anilines is 1. The summed E-state index contributed by atoms with van der Waals surface area (Å²) in [5.74, 6) is 1.05. The molecule has 2 aliphatic rings. The topological polar surface area (TPSA) is 61.5 Å². The fourth-order valence-electron chi connectivity index (χ4n) is 3.31. The van der Waals surface area contributed by atoms with Crippen molar-refractivity contribution in [3.8, 4) is 5.75 Å². The molecule has 0 aliphatic carbocycles. The lowest BCUT2D eigenvalue weighted by Crippen LogP contribution is -2.47. The van der Waals surface area contributed by atoms with Crippen LogP contribution in [0.5, 0.6) is 5.75 Å². The van der Waals surface area contributed by atoms with Crippen molar-refractivity contribution in [3.05, 3.63) is 39.0 Å². The van der Waals surface area contributed by atoms with E-state index in [-0.39, 0.29) is 4.87 Å². The van der Waals surface area contributed by atoms with Gasteiger partial charge in [-0.2, -0.15) is 0 Å². The molecule has 1 saturated heterocycles. The molecule has 1 N–H and O–H groups in total. The highest BCUT2D eigenvalue weighted by molar-refractivity contribution is 7.12. The van der Waals surface area contributed by atoms with Crippen molar-refractivity contribution in [2.75, 3.05) is 37.7 Å². The molecule has 0 bridgehead atoms. The minimum absolute atomic E-state index is 0.0889. The molecule has 122 valence electrons. The van der Waals surface area contributed by atoms with Crippen LogP contribution in [-0.2, 0) is 6.42 Å². The largest absolute Gasteiger partial charge is 0.493 e. The van der Waals surface area contributed by atoms with Crippen LogP contribution in [0.4, 0.5) is 5.13 Å². The van der Waals surface area contributed by atoms with E-state index < -0.39 is 0 Å². The van der Waals surface area contributed by atoms with E-state index in [1.807, 2.05) is 0 Å². The lowest BCUT2D eigenvalue weighted by Gasteiger charge is -2.38. The highest BCUT2D eigenvalue weighted by atomic mass is 32.1. The molecule has 1 fully saturated rings. The van der Waals surface area contributed by atoms with Crippen molar-refractivity contribution in [2.24, 2.45) is 0 Å². The van der Waals surface area contributed by atoms with Gasteiger partial charge in [0.05, 0.1) is 6.61 Å². The first kappa shape index (κ1) is 14.7. The fourth-order valence-corrected chi connectivity index (χ4v) is 3.97. The minimum Gasteiger partial charge on any atom is -0.493 e. The number of rotatable bonds is 3. The summed E-state index contributed by atoms with van der Waals surface area (Å²) >= 11 is 1.18. The number of aromatic nitrogens is 2. The van der Waals surface area contributed by atoms with E-state index in [2.05, 4.69) is 45.1 Å². The van der Waals surface area contributed by atoms with Crippen LogP contribution in [-0.4, -0.2) is 47.9 Å². The highest BCUT2D eigenvalue weighted by Gasteiger charge is 2.24. The zero-order valence-electron chi connectivity index (χ0n) is 13.1. The van der Waals surface area contributed by atoms with Crippen LogP contribution in [0.1, 0.15) is 24.1 Å². The summed E-state index contributed by atoms with van der Waals surface area (Å²) < 4.78 is 5.69. The molecular weight excluding hydrogens is 312 g/mol. The van der Waals surface area contributed by atoms with Gasteiger partial charge in [0.2, 0.25) is 5.13 Å². The number of benzene rings is 1. The molecule has 0 spiro atoms. The third kappa shape index (κ3) is 2.86. The Morgan fingerprint density at radius 1 is 1.30 bits per heavy atom. The first-order chi connectivity index (χ1) is 11.2. The molecular formula is C16H20N4O2S. The number of aromatic amines is 1. The Bertz CT molecular complexity index is 749. The summed E-state index contributed by atoms with van der Waals surface area (Å²) in [6.45, 7) is 6.77. The maximum atomic E-state index is 11.2. The van der Waals surface area contributed by atoms with Crippen molar-refractivity contribution in [1.82, 2.24) is 15.1 Å². The maximum absolute atomic E-state index is 11.2. The molecule has 3 heterocycles. The predicted octanol–water partition coefficient (Wildman–Crippen LogP) is 1.65. The van der Waals surface area contributed by atoms with Gasteiger partial charge in [-0.25, -0.2) is 5.10 Å². The predicted molar refractivity (Wildman–Crippen MR) is 90.6 cm³/mol. The summed E-state index contributed by atoms with van der Waals surface area (Å²) in [5.41, 5.74) is 2.63. The fraction of sp³-hybridized carbons (Fsp3) is 0.500. The van der Waals surface area contributed by atoms with E-state index in [0.717, 1.165) is 50.1 Å². The normalized spacial score (nSPS) is 19.4. The van der Waals surface area contributed by atoms with Crippen molar-refractivity contribution < 1.29 is 4.74 Å². The molecule has 0 amide bonds. The molecule has 7 heteroatoms. The van der Waals surface area contributed by atoms with E-state index >= 15 is 0 Å². The monoisotopic (exact) mass is 332 g/mol. The van der Waals surface area contributed by atoms with Gasteiger partial charge in [0.25, 0.3) is 0 Å². The number of fused-ring (bicyclic) bond motifs is 1. The number of piperazine rings is 1. The first-order valence-corrected chi connectivity index (χ1v) is 8.82. The molecule has 4 rings (SSSR count). The van der Waals surface area contributed by atoms with Crippen LogP contribution < -0.4 is 14.5 Å². The molecule has 1 aromatic heterocycles. The van der Waals surface area contributed by atoms with Crippen LogP contribution in [0.15, 0.2) is 23.0 Å². The molecule has 23 heavy (non-hydrogen) atoms. The van der Waals surface area contributed by atoms with Crippen LogP contribution in [0, 0.1) is 0 Å². The Balaban J connectivity index is 1.42. The van der Waals surface area contributed by atoms with Gasteiger partial charge < -0.3 is 9.64 Å². The van der Waals surface area contributed by atoms with Gasteiger partial charge >= 0.3 is 4.87 Å². The van der Waals surface area contributed by atoms with Crippen LogP contribution >= 0.6 is 11.3 Å². The third-order valence-electron chi connectivity index (χ3n) is 4.76. The van der Waals surface area contributed by atoms with Crippen LogP contribution in [0.2, 0.25) is 0 Å². The summed E-state index contributed by atoms with van der Waals surface area (Å²) in [6, 6.07) is 6.98. The van der Waals surface area contributed by atoms with Gasteiger partial charge in [-0.1, -0.05) is 12.1 Å². The van der Waals surface area contributed by atoms with Gasteiger partial charge in [0.15, 0.2) is 0 Å². The zero-order chi connectivity index (χ0) is 15.8. The van der Waals surface area contributed by atoms with Gasteiger partial charge in [0, 0.05) is 38.6 Å². The van der Waals surface area contributed by atoms with E-state index in [9.17, 15) is 4.79 Å². The van der Waals surface area contributed by atoms with E-state index in [4.69, 9.17) is 4.74 Å². The van der Waals surface area contributed by atoms with Crippen LogP contribution in [0.3, 0.4) is 0 Å². The number of ether oxygens (including phenoxy) is 1. The number of hydrogen-bond donors (Lipinski definition) is 1. The third-order valence-corrected chi connectivity index (χ3v) is 5.57. The second-order valence-corrected chi connectivity index (χ2v) is 7.00. The number of nitrogens with one attached hydrogen (secondary N) is 1. The second kappa shape index (κ2) is 5.98. The summed E-state index contributed by atoms with van der Waals surface area (Å²) in [4.78, 5) is 15.8. The maximum Gasteiger partial charge on any atom is 0.324 e. The van der Waals surface area contributed by atoms with E-state index in [1.54, 1.807) is 0 Å². The molecule has 6 nitrogen and oxygen atoms in total. The summed E-state index contributed by atoms with van der Waals surface area (Å²) in [5, 5.41) is 7.37. The highest BCUT2D eigenvalue weighted by Crippen LogP contribution is 2.31. The first-order valence-electron chi connectivity index (χ1n) is 8.01. The Morgan fingerprint density at radius 2 is 2.13 bits per heavy atom. The van der Waals surface area contributed by atoms with Crippen molar-refractivity contribution in [1.29, 1.82) is 0 Å². The Kier molecular flexibility index (Phi) is 3.82. The second-order valence-electron chi connectivity index (χ2n) is 6.06. The lowest BCUT2D eigenvalue weighted by molar-refractivity contribution is 0.198. The standard InChI is InChI=1S/C16H20N4O2S/c1-11(13-3-2-12-4-9-22-14(12)10-13)19-5-7-20(8-6-19)15-17-18-16(21)23-15/h2-3,10-11H,4-9H2,1H3,(H,18,21). The molecule has 1 aromatic carbocycles. The average Bonchev–Trinajstić information content (AvgIpc) is 3.22. The van der Waals surface area contributed by atoms with E-state index in [1.165, 1.54) is 22.5 Å². The average molecular weight is 332 g/mol. The smallest absolute Gasteiger partial charge is 0.324 e. The Hall–Kier alpha value is -1.86. The summed E-state index contributed by atoms with van der Waals surface area (Å²) in [6.07, 6.45) is 1.02. The minimum atomic E-state index is -0.0889. The molecule has 0 radical (unpaired) electrons. The Morgan fingerprint density at radius 3 is 2.87 bits per heavy atom. The number of H-pyrrole nitrogens is 1. The van der Waals surface area contributed by atoms with E-state index in [0.29, 0.717) is 6.04 Å². The van der Waals surface area contributed by atoms with Crippen molar-refractivity contribution >= 4 is 16.5 Å². The quantitative estimate of drug-likeness (QED) is 0.926.